The average molecular weight is 741 g/mol. The normalized spacial score (nSPS) is 13.1. The maximum atomic E-state index is 6.52. The van der Waals surface area contributed by atoms with Gasteiger partial charge in [0.05, 0.1) is 22.1 Å². The molecule has 8 aromatic carbocycles. The molecule has 0 bridgehead atoms. The molecule has 272 valence electrons. The van der Waals surface area contributed by atoms with E-state index in [1.165, 1.54) is 65.9 Å². The van der Waals surface area contributed by atoms with Crippen molar-refractivity contribution in [3.05, 3.63) is 206 Å². The summed E-state index contributed by atoms with van der Waals surface area (Å²) in [5.74, 6) is 0. The van der Waals surface area contributed by atoms with Crippen molar-refractivity contribution in [1.29, 1.82) is 0 Å². The Morgan fingerprint density at radius 1 is 0.397 bits per heavy atom. The molecule has 0 aliphatic heterocycles. The molecule has 0 saturated heterocycles. The minimum absolute atomic E-state index is 0.910. The van der Waals surface area contributed by atoms with Crippen molar-refractivity contribution in [2.45, 2.75) is 6.42 Å². The molecule has 3 aromatic heterocycles. The molecule has 1 aliphatic rings. The van der Waals surface area contributed by atoms with Gasteiger partial charge in [-0.1, -0.05) is 133 Å². The van der Waals surface area contributed by atoms with Crippen LogP contribution in [0.1, 0.15) is 6.42 Å². The van der Waals surface area contributed by atoms with Gasteiger partial charge < -0.3 is 13.6 Å². The number of allylic oxidation sites excluding steroid dienone is 6. The number of hydrogen-bond donors (Lipinski definition) is 0. The van der Waals surface area contributed by atoms with Crippen LogP contribution in [0.15, 0.2) is 211 Å². The molecule has 0 atom stereocenters. The summed E-state index contributed by atoms with van der Waals surface area (Å²) in [6, 6.07) is 63.9. The summed E-state index contributed by atoms with van der Waals surface area (Å²) < 4.78 is 11.3. The van der Waals surface area contributed by atoms with Crippen molar-refractivity contribution in [3.63, 3.8) is 0 Å². The minimum atomic E-state index is 0.910. The molecule has 11 aromatic rings. The van der Waals surface area contributed by atoms with Crippen molar-refractivity contribution in [2.24, 2.45) is 0 Å². The predicted octanol–water partition coefficient (Wildman–Crippen LogP) is 15.1. The molecule has 0 amide bonds. The summed E-state index contributed by atoms with van der Waals surface area (Å²) in [6.07, 6.45) is 12.0. The molecule has 0 saturated carbocycles. The smallest absolute Gasteiger partial charge is 0.143 e. The van der Waals surface area contributed by atoms with E-state index < -0.39 is 0 Å². The van der Waals surface area contributed by atoms with Crippen LogP contribution in [0.5, 0.6) is 0 Å². The van der Waals surface area contributed by atoms with E-state index in [0.717, 1.165) is 50.9 Å². The van der Waals surface area contributed by atoms with Crippen molar-refractivity contribution in [2.75, 3.05) is 0 Å². The number of para-hydroxylation sites is 3. The quantitative estimate of drug-likeness (QED) is 0.172. The molecule has 0 fully saturated rings. The first-order valence-electron chi connectivity index (χ1n) is 20.0. The highest BCUT2D eigenvalue weighted by Gasteiger charge is 2.19. The second kappa shape index (κ2) is 13.0. The number of furan rings is 1. The summed E-state index contributed by atoms with van der Waals surface area (Å²) >= 11 is 0. The van der Waals surface area contributed by atoms with Crippen molar-refractivity contribution >= 4 is 71.2 Å². The van der Waals surface area contributed by atoms with E-state index in [9.17, 15) is 0 Å². The summed E-state index contributed by atoms with van der Waals surface area (Å²) in [5, 5.41) is 7.19. The first-order chi connectivity index (χ1) is 28.8. The summed E-state index contributed by atoms with van der Waals surface area (Å²) in [4.78, 5) is 0. The van der Waals surface area contributed by atoms with Crippen LogP contribution < -0.4 is 0 Å². The maximum absolute atomic E-state index is 6.52. The first-order valence-corrected chi connectivity index (χ1v) is 20.0. The average Bonchev–Trinajstić information content (AvgIpc) is 3.85. The zero-order valence-electron chi connectivity index (χ0n) is 31.6. The molecule has 0 radical (unpaired) electrons. The van der Waals surface area contributed by atoms with Crippen LogP contribution in [0, 0.1) is 0 Å². The fraction of sp³-hybridized carbons (Fsp3) is 0.0182. The third-order valence-corrected chi connectivity index (χ3v) is 11.9. The minimum Gasteiger partial charge on any atom is -0.455 e. The summed E-state index contributed by atoms with van der Waals surface area (Å²) in [5.41, 5.74) is 15.9. The topological polar surface area (TPSA) is 23.0 Å². The Balaban J connectivity index is 1.05. The number of benzene rings is 8. The van der Waals surface area contributed by atoms with Crippen LogP contribution >= 0.6 is 0 Å². The largest absolute Gasteiger partial charge is 0.455 e. The van der Waals surface area contributed by atoms with Gasteiger partial charge in [-0.3, -0.25) is 0 Å². The Bertz CT molecular complexity index is 3530. The van der Waals surface area contributed by atoms with E-state index in [2.05, 4.69) is 209 Å². The van der Waals surface area contributed by atoms with E-state index in [0.29, 0.717) is 0 Å². The van der Waals surface area contributed by atoms with E-state index >= 15 is 0 Å². The van der Waals surface area contributed by atoms with Gasteiger partial charge in [-0.2, -0.15) is 0 Å². The first kappa shape index (κ1) is 32.6. The fourth-order valence-corrected chi connectivity index (χ4v) is 9.23. The Labute approximate surface area is 335 Å². The molecule has 3 heteroatoms. The Morgan fingerprint density at radius 2 is 1.00 bits per heavy atom. The van der Waals surface area contributed by atoms with Gasteiger partial charge in [-0.15, -0.1) is 0 Å². The van der Waals surface area contributed by atoms with Crippen molar-refractivity contribution in [1.82, 2.24) is 9.13 Å². The van der Waals surface area contributed by atoms with Crippen LogP contribution in [-0.2, 0) is 0 Å². The lowest BCUT2D eigenvalue weighted by Crippen LogP contribution is -1.94. The molecular formula is C55H36N2O. The van der Waals surface area contributed by atoms with Gasteiger partial charge >= 0.3 is 0 Å². The second-order valence-corrected chi connectivity index (χ2v) is 15.2. The number of fused-ring (bicyclic) bond motifs is 9. The zero-order valence-corrected chi connectivity index (χ0v) is 31.6. The number of hydrogen-bond acceptors (Lipinski definition) is 1. The van der Waals surface area contributed by atoms with Gasteiger partial charge in [0.15, 0.2) is 0 Å². The van der Waals surface area contributed by atoms with E-state index in [-0.39, 0.29) is 0 Å². The molecule has 3 heterocycles. The molecule has 0 spiro atoms. The van der Waals surface area contributed by atoms with Gasteiger partial charge in [-0.25, -0.2) is 0 Å². The fourth-order valence-electron chi connectivity index (χ4n) is 9.23. The van der Waals surface area contributed by atoms with Gasteiger partial charge in [0, 0.05) is 49.3 Å². The second-order valence-electron chi connectivity index (χ2n) is 15.2. The SMILES string of the molecule is C1=CCC=CC(n2c3ccc(-c4ccc5c(c4)c4ccccc4n5-c4cccc(-c5ccccc5)c4)cc3c3cc(-c4cccc5c4oc4ccccc45)ccc32)=C1. The molecule has 0 N–H and O–H groups in total. The van der Waals surface area contributed by atoms with Crippen LogP contribution in [0.2, 0.25) is 0 Å². The standard InChI is InChI=1S/C55H36N2O/c1-2-7-18-41(17-6-1)56-52-30-27-39(34-48(52)49-35-40(28-31-53(49)56)43-22-13-23-46-45-21-9-11-25-54(45)58-55(43)46)38-26-29-51-47(33-38)44-20-8-10-24-50(44)57(51)42-19-12-16-37(32-42)36-14-4-3-5-15-36/h1,3-35H,2H2. The van der Waals surface area contributed by atoms with Gasteiger partial charge in [0.1, 0.15) is 11.2 Å². The lowest BCUT2D eigenvalue weighted by atomic mass is 9.98. The monoisotopic (exact) mass is 740 g/mol. The maximum Gasteiger partial charge on any atom is 0.143 e. The van der Waals surface area contributed by atoms with Gasteiger partial charge in [0.2, 0.25) is 0 Å². The highest BCUT2D eigenvalue weighted by atomic mass is 16.3. The van der Waals surface area contributed by atoms with Crippen molar-refractivity contribution < 1.29 is 4.42 Å². The van der Waals surface area contributed by atoms with Gasteiger partial charge in [-0.05, 0) is 107 Å². The molecule has 58 heavy (non-hydrogen) atoms. The van der Waals surface area contributed by atoms with Crippen LogP contribution in [0.25, 0.3) is 110 Å². The molecule has 12 rings (SSSR count). The third kappa shape index (κ3) is 5.07. The lowest BCUT2D eigenvalue weighted by Gasteiger charge is -2.11. The van der Waals surface area contributed by atoms with Crippen LogP contribution in [-0.4, -0.2) is 9.13 Å². The lowest BCUT2D eigenvalue weighted by molar-refractivity contribution is 0.670. The third-order valence-electron chi connectivity index (χ3n) is 11.9. The number of aromatic nitrogens is 2. The zero-order chi connectivity index (χ0) is 38.2. The predicted molar refractivity (Wildman–Crippen MR) is 245 cm³/mol. The molecular weight excluding hydrogens is 705 g/mol. The Hall–Kier alpha value is -7.62. The van der Waals surface area contributed by atoms with E-state index in [4.69, 9.17) is 4.42 Å². The highest BCUT2D eigenvalue weighted by molar-refractivity contribution is 6.15. The summed E-state index contributed by atoms with van der Waals surface area (Å²) in [7, 11) is 0. The molecule has 1 aliphatic carbocycles. The molecule has 0 unspecified atom stereocenters. The van der Waals surface area contributed by atoms with E-state index in [1.54, 1.807) is 0 Å². The Morgan fingerprint density at radius 3 is 1.83 bits per heavy atom. The van der Waals surface area contributed by atoms with Crippen LogP contribution in [0.4, 0.5) is 0 Å². The highest BCUT2D eigenvalue weighted by Crippen LogP contribution is 2.42. The Kier molecular flexibility index (Phi) is 7.29. The van der Waals surface area contributed by atoms with Gasteiger partial charge in [0.25, 0.3) is 0 Å². The van der Waals surface area contributed by atoms with Crippen molar-refractivity contribution in [3.8, 4) is 39.1 Å². The number of rotatable bonds is 5. The van der Waals surface area contributed by atoms with Crippen LogP contribution in [0.3, 0.4) is 0 Å². The molecule has 3 nitrogen and oxygen atoms in total. The van der Waals surface area contributed by atoms with E-state index in [1.807, 2.05) is 6.07 Å². The number of nitrogens with zero attached hydrogens (tertiary/aromatic N) is 2. The summed E-state index contributed by atoms with van der Waals surface area (Å²) in [6.45, 7) is 0.